The Hall–Kier alpha value is -0.0800. The second-order valence-electron chi connectivity index (χ2n) is 5.93. The molecular formula is C15H32N2. The summed E-state index contributed by atoms with van der Waals surface area (Å²) in [6.07, 6.45) is 11.0. The van der Waals surface area contributed by atoms with E-state index in [2.05, 4.69) is 24.5 Å². The smallest absolute Gasteiger partial charge is 0.00675 e. The summed E-state index contributed by atoms with van der Waals surface area (Å²) in [5, 5.41) is 7.19. The molecule has 1 saturated heterocycles. The van der Waals surface area contributed by atoms with Gasteiger partial charge in [0.25, 0.3) is 0 Å². The Bertz CT molecular complexity index is 162. The summed E-state index contributed by atoms with van der Waals surface area (Å²) in [5.74, 6) is 0.868. The number of hydrogen-bond donors (Lipinski definition) is 2. The molecule has 1 unspecified atom stereocenters. The fourth-order valence-electron chi connectivity index (χ4n) is 2.57. The lowest BCUT2D eigenvalue weighted by Crippen LogP contribution is -2.34. The standard InChI is InChI=1S/C15H32N2/c1-14(2)8-3-5-11-16-12-7-10-15-9-4-6-13-17-15/h14-17H,3-13H2,1-2H3. The van der Waals surface area contributed by atoms with Crippen molar-refractivity contribution in [2.24, 2.45) is 5.92 Å². The quantitative estimate of drug-likeness (QED) is 0.604. The maximum atomic E-state index is 3.61. The van der Waals surface area contributed by atoms with Crippen molar-refractivity contribution < 1.29 is 0 Å². The molecule has 0 bridgehead atoms. The van der Waals surface area contributed by atoms with Crippen LogP contribution in [-0.2, 0) is 0 Å². The van der Waals surface area contributed by atoms with Gasteiger partial charge in [0.1, 0.15) is 0 Å². The zero-order valence-electron chi connectivity index (χ0n) is 11.9. The molecule has 0 amide bonds. The minimum atomic E-state index is 0.812. The van der Waals surface area contributed by atoms with Crippen LogP contribution < -0.4 is 10.6 Å². The Balaban J connectivity index is 1.78. The molecule has 1 heterocycles. The molecule has 0 aromatic carbocycles. The van der Waals surface area contributed by atoms with Gasteiger partial charge in [0.2, 0.25) is 0 Å². The molecule has 0 aliphatic carbocycles. The van der Waals surface area contributed by atoms with Crippen LogP contribution in [0.4, 0.5) is 0 Å². The van der Waals surface area contributed by atoms with Crippen molar-refractivity contribution in [3.05, 3.63) is 0 Å². The summed E-state index contributed by atoms with van der Waals surface area (Å²) in [6.45, 7) is 8.28. The molecule has 102 valence electrons. The summed E-state index contributed by atoms with van der Waals surface area (Å²) >= 11 is 0. The molecule has 0 radical (unpaired) electrons. The van der Waals surface area contributed by atoms with Crippen molar-refractivity contribution in [2.45, 2.75) is 71.3 Å². The second kappa shape index (κ2) is 9.90. The van der Waals surface area contributed by atoms with Crippen LogP contribution in [0.15, 0.2) is 0 Å². The maximum Gasteiger partial charge on any atom is 0.00675 e. The monoisotopic (exact) mass is 240 g/mol. The zero-order chi connectivity index (χ0) is 12.3. The first kappa shape index (κ1) is 15.0. The highest BCUT2D eigenvalue weighted by molar-refractivity contribution is 4.72. The van der Waals surface area contributed by atoms with Gasteiger partial charge in [-0.1, -0.05) is 33.1 Å². The third kappa shape index (κ3) is 8.62. The molecule has 2 heteroatoms. The van der Waals surface area contributed by atoms with Crippen molar-refractivity contribution in [2.75, 3.05) is 19.6 Å². The van der Waals surface area contributed by atoms with Crippen molar-refractivity contribution in [3.63, 3.8) is 0 Å². The number of rotatable bonds is 9. The molecule has 1 aliphatic heterocycles. The van der Waals surface area contributed by atoms with Gasteiger partial charge >= 0.3 is 0 Å². The van der Waals surface area contributed by atoms with Gasteiger partial charge in [-0.05, 0) is 57.7 Å². The molecule has 1 fully saturated rings. The van der Waals surface area contributed by atoms with Gasteiger partial charge in [0, 0.05) is 6.04 Å². The molecule has 1 atom stereocenters. The summed E-state index contributed by atoms with van der Waals surface area (Å²) in [5.41, 5.74) is 0. The normalized spacial score (nSPS) is 21.0. The van der Waals surface area contributed by atoms with Crippen molar-refractivity contribution in [1.29, 1.82) is 0 Å². The van der Waals surface area contributed by atoms with Gasteiger partial charge in [-0.15, -0.1) is 0 Å². The first-order valence-corrected chi connectivity index (χ1v) is 7.73. The number of unbranched alkanes of at least 4 members (excludes halogenated alkanes) is 1. The molecule has 0 aromatic heterocycles. The van der Waals surface area contributed by atoms with E-state index in [9.17, 15) is 0 Å². The van der Waals surface area contributed by atoms with E-state index >= 15 is 0 Å². The van der Waals surface area contributed by atoms with E-state index in [0.717, 1.165) is 12.0 Å². The summed E-state index contributed by atoms with van der Waals surface area (Å²) in [7, 11) is 0. The Morgan fingerprint density at radius 2 is 1.94 bits per heavy atom. The minimum Gasteiger partial charge on any atom is -0.317 e. The van der Waals surface area contributed by atoms with Crippen LogP contribution >= 0.6 is 0 Å². The number of piperidine rings is 1. The van der Waals surface area contributed by atoms with Crippen LogP contribution in [0.1, 0.15) is 65.2 Å². The lowest BCUT2D eigenvalue weighted by atomic mass is 10.0. The van der Waals surface area contributed by atoms with Gasteiger partial charge < -0.3 is 10.6 Å². The minimum absolute atomic E-state index is 0.812. The molecule has 0 saturated carbocycles. The van der Waals surface area contributed by atoms with Crippen molar-refractivity contribution >= 4 is 0 Å². The molecule has 0 spiro atoms. The third-order valence-corrected chi connectivity index (χ3v) is 3.70. The van der Waals surface area contributed by atoms with Crippen molar-refractivity contribution in [1.82, 2.24) is 10.6 Å². The van der Waals surface area contributed by atoms with E-state index in [0.29, 0.717) is 0 Å². The molecule has 0 aromatic rings. The molecule has 17 heavy (non-hydrogen) atoms. The van der Waals surface area contributed by atoms with Crippen molar-refractivity contribution in [3.8, 4) is 0 Å². The molecular weight excluding hydrogens is 208 g/mol. The highest BCUT2D eigenvalue weighted by atomic mass is 14.9. The van der Waals surface area contributed by atoms with Crippen LogP contribution in [0.25, 0.3) is 0 Å². The van der Waals surface area contributed by atoms with Crippen LogP contribution in [0.5, 0.6) is 0 Å². The second-order valence-corrected chi connectivity index (χ2v) is 5.93. The summed E-state index contributed by atoms with van der Waals surface area (Å²) in [6, 6.07) is 0.812. The molecule has 1 rings (SSSR count). The van der Waals surface area contributed by atoms with Crippen LogP contribution in [0.3, 0.4) is 0 Å². The van der Waals surface area contributed by atoms with Gasteiger partial charge in [0.15, 0.2) is 0 Å². The van der Waals surface area contributed by atoms with E-state index in [1.54, 1.807) is 0 Å². The maximum absolute atomic E-state index is 3.61. The van der Waals surface area contributed by atoms with E-state index in [-0.39, 0.29) is 0 Å². The fourth-order valence-corrected chi connectivity index (χ4v) is 2.57. The SMILES string of the molecule is CC(C)CCCCNCCCC1CCCCN1. The van der Waals surface area contributed by atoms with E-state index < -0.39 is 0 Å². The molecule has 1 aliphatic rings. The fraction of sp³-hybridized carbons (Fsp3) is 1.00. The Kier molecular flexibility index (Phi) is 8.72. The average Bonchev–Trinajstić information content (AvgIpc) is 2.33. The van der Waals surface area contributed by atoms with Crippen LogP contribution in [-0.4, -0.2) is 25.7 Å². The Labute approximate surface area is 108 Å². The average molecular weight is 240 g/mol. The lowest BCUT2D eigenvalue weighted by molar-refractivity contribution is 0.372. The molecule has 2 nitrogen and oxygen atoms in total. The van der Waals surface area contributed by atoms with E-state index in [1.807, 2.05) is 0 Å². The van der Waals surface area contributed by atoms with Gasteiger partial charge in [-0.25, -0.2) is 0 Å². The highest BCUT2D eigenvalue weighted by Gasteiger charge is 2.10. The van der Waals surface area contributed by atoms with Gasteiger partial charge in [-0.3, -0.25) is 0 Å². The lowest BCUT2D eigenvalue weighted by Gasteiger charge is -2.23. The third-order valence-electron chi connectivity index (χ3n) is 3.70. The molecule has 2 N–H and O–H groups in total. The highest BCUT2D eigenvalue weighted by Crippen LogP contribution is 2.11. The Morgan fingerprint density at radius 1 is 1.12 bits per heavy atom. The predicted octanol–water partition coefficient (Wildman–Crippen LogP) is 3.32. The summed E-state index contributed by atoms with van der Waals surface area (Å²) < 4.78 is 0. The topological polar surface area (TPSA) is 24.1 Å². The zero-order valence-corrected chi connectivity index (χ0v) is 11.9. The summed E-state index contributed by atoms with van der Waals surface area (Å²) in [4.78, 5) is 0. The first-order valence-electron chi connectivity index (χ1n) is 7.73. The number of hydrogen-bond acceptors (Lipinski definition) is 2. The van der Waals surface area contributed by atoms with Gasteiger partial charge in [-0.2, -0.15) is 0 Å². The van der Waals surface area contributed by atoms with E-state index in [1.165, 1.54) is 71.0 Å². The Morgan fingerprint density at radius 3 is 2.65 bits per heavy atom. The predicted molar refractivity (Wildman–Crippen MR) is 76.4 cm³/mol. The van der Waals surface area contributed by atoms with Gasteiger partial charge in [0.05, 0.1) is 0 Å². The van der Waals surface area contributed by atoms with Crippen LogP contribution in [0, 0.1) is 5.92 Å². The van der Waals surface area contributed by atoms with Crippen LogP contribution in [0.2, 0.25) is 0 Å². The van der Waals surface area contributed by atoms with E-state index in [4.69, 9.17) is 0 Å². The number of nitrogens with one attached hydrogen (secondary N) is 2. The first-order chi connectivity index (χ1) is 8.29. The largest absolute Gasteiger partial charge is 0.317 e.